The molecule has 0 nitrogen and oxygen atoms in total. The van der Waals surface area contributed by atoms with Gasteiger partial charge in [0.2, 0.25) is 0 Å². The van der Waals surface area contributed by atoms with Crippen LogP contribution in [0.15, 0.2) is 12.2 Å². The lowest BCUT2D eigenvalue weighted by molar-refractivity contribution is 0.832. The molecule has 0 radical (unpaired) electrons. The Morgan fingerprint density at radius 1 is 1.18 bits per heavy atom. The van der Waals surface area contributed by atoms with Gasteiger partial charge in [-0.2, -0.15) is 0 Å². The van der Waals surface area contributed by atoms with Gasteiger partial charge in [-0.15, -0.1) is 5.54 Å². The van der Waals surface area contributed by atoms with Gasteiger partial charge in [0, 0.05) is 0 Å². The van der Waals surface area contributed by atoms with E-state index in [0.29, 0.717) is 5.92 Å². The van der Waals surface area contributed by atoms with E-state index in [1.165, 1.54) is 0 Å². The van der Waals surface area contributed by atoms with Crippen molar-refractivity contribution in [3.63, 3.8) is 0 Å². The van der Waals surface area contributed by atoms with Gasteiger partial charge in [0.05, 0.1) is 0 Å². The standard InChI is InChI=1S/C10H18Si/c1-10(2)8-6-7-9-11(3,4)5/h6,8,10H,1-5H3/b8-6+. The number of hydrogen-bond donors (Lipinski definition) is 0. The van der Waals surface area contributed by atoms with Gasteiger partial charge in [-0.1, -0.05) is 45.5 Å². The summed E-state index contributed by atoms with van der Waals surface area (Å²) in [6, 6.07) is 0. The van der Waals surface area contributed by atoms with Gasteiger partial charge in [-0.3, -0.25) is 0 Å². The fourth-order valence-corrected chi connectivity index (χ4v) is 1.02. The number of hydrogen-bond acceptors (Lipinski definition) is 0. The molecule has 0 aliphatic carbocycles. The average Bonchev–Trinajstić information content (AvgIpc) is 1.78. The van der Waals surface area contributed by atoms with Gasteiger partial charge in [0.1, 0.15) is 8.07 Å². The molecule has 0 aromatic rings. The molecule has 0 N–H and O–H groups in total. The molecule has 0 aromatic carbocycles. The summed E-state index contributed by atoms with van der Waals surface area (Å²) in [5, 5.41) is 0. The van der Waals surface area contributed by atoms with E-state index in [9.17, 15) is 0 Å². The summed E-state index contributed by atoms with van der Waals surface area (Å²) in [5.41, 5.74) is 3.28. The van der Waals surface area contributed by atoms with Crippen molar-refractivity contribution in [2.24, 2.45) is 5.92 Å². The summed E-state index contributed by atoms with van der Waals surface area (Å²) in [5.74, 6) is 3.70. The molecule has 0 bridgehead atoms. The number of rotatable bonds is 1. The molecule has 0 rings (SSSR count). The predicted molar refractivity (Wildman–Crippen MR) is 55.1 cm³/mol. The predicted octanol–water partition coefficient (Wildman–Crippen LogP) is 3.08. The summed E-state index contributed by atoms with van der Waals surface area (Å²) in [6.45, 7) is 11.1. The zero-order valence-electron chi connectivity index (χ0n) is 8.23. The van der Waals surface area contributed by atoms with E-state index in [1.54, 1.807) is 0 Å². The minimum atomic E-state index is -1.14. The molecule has 0 saturated carbocycles. The second-order valence-electron chi connectivity index (χ2n) is 4.12. The lowest BCUT2D eigenvalue weighted by Gasteiger charge is -2.02. The molecule has 0 atom stereocenters. The van der Waals surface area contributed by atoms with E-state index in [2.05, 4.69) is 51.0 Å². The van der Waals surface area contributed by atoms with Gasteiger partial charge in [-0.05, 0) is 12.0 Å². The van der Waals surface area contributed by atoms with Crippen LogP contribution in [0.2, 0.25) is 19.6 Å². The lowest BCUT2D eigenvalue weighted by Crippen LogP contribution is -2.16. The molecule has 0 aliphatic heterocycles. The van der Waals surface area contributed by atoms with E-state index >= 15 is 0 Å². The Labute approximate surface area is 71.7 Å². The third kappa shape index (κ3) is 9.52. The van der Waals surface area contributed by atoms with Crippen LogP contribution in [0.25, 0.3) is 0 Å². The molecule has 0 unspecified atom stereocenters. The highest BCUT2D eigenvalue weighted by Crippen LogP contribution is 1.97. The van der Waals surface area contributed by atoms with Crippen LogP contribution >= 0.6 is 0 Å². The zero-order chi connectivity index (χ0) is 8.91. The Morgan fingerprint density at radius 2 is 1.73 bits per heavy atom. The van der Waals surface area contributed by atoms with Crippen molar-refractivity contribution in [2.45, 2.75) is 33.5 Å². The second-order valence-corrected chi connectivity index (χ2v) is 8.87. The van der Waals surface area contributed by atoms with E-state index in [1.807, 2.05) is 6.08 Å². The first-order chi connectivity index (χ1) is 4.92. The van der Waals surface area contributed by atoms with Crippen molar-refractivity contribution >= 4 is 8.07 Å². The van der Waals surface area contributed by atoms with Gasteiger partial charge >= 0.3 is 0 Å². The van der Waals surface area contributed by atoms with Crippen molar-refractivity contribution in [1.82, 2.24) is 0 Å². The normalized spacial score (nSPS) is 11.8. The fraction of sp³-hybridized carbons (Fsp3) is 0.600. The SMILES string of the molecule is CC(C)/C=C/C#C[Si](C)(C)C. The van der Waals surface area contributed by atoms with Crippen LogP contribution in [-0.2, 0) is 0 Å². The first-order valence-electron chi connectivity index (χ1n) is 4.11. The highest BCUT2D eigenvalue weighted by atomic mass is 28.3. The lowest BCUT2D eigenvalue weighted by atomic mass is 10.2. The molecule has 0 fully saturated rings. The second kappa shape index (κ2) is 4.41. The van der Waals surface area contributed by atoms with Crippen molar-refractivity contribution in [3.05, 3.63) is 12.2 Å². The van der Waals surface area contributed by atoms with Crippen LogP contribution < -0.4 is 0 Å². The summed E-state index contributed by atoms with van der Waals surface area (Å²) < 4.78 is 0. The fourth-order valence-electron chi connectivity index (χ4n) is 0.499. The third-order valence-corrected chi connectivity index (χ3v) is 1.91. The molecule has 0 amide bonds. The maximum absolute atomic E-state index is 3.28. The zero-order valence-corrected chi connectivity index (χ0v) is 9.23. The Kier molecular flexibility index (Phi) is 4.21. The molecule has 0 saturated heterocycles. The van der Waals surface area contributed by atoms with Gasteiger partial charge in [-0.25, -0.2) is 0 Å². The topological polar surface area (TPSA) is 0 Å². The number of allylic oxidation sites excluding steroid dienone is 2. The molecule has 0 spiro atoms. The van der Waals surface area contributed by atoms with Gasteiger partial charge in [0.25, 0.3) is 0 Å². The summed E-state index contributed by atoms with van der Waals surface area (Å²) >= 11 is 0. The van der Waals surface area contributed by atoms with Crippen LogP contribution in [0.3, 0.4) is 0 Å². The highest BCUT2D eigenvalue weighted by molar-refractivity contribution is 6.83. The Bertz CT molecular complexity index is 183. The van der Waals surface area contributed by atoms with Crippen molar-refractivity contribution in [1.29, 1.82) is 0 Å². The molecule has 0 heterocycles. The summed E-state index contributed by atoms with van der Waals surface area (Å²) in [6.07, 6.45) is 4.11. The van der Waals surface area contributed by atoms with Crippen LogP contribution in [0.5, 0.6) is 0 Å². The maximum atomic E-state index is 3.28. The third-order valence-electron chi connectivity index (χ3n) is 1.01. The van der Waals surface area contributed by atoms with Crippen LogP contribution in [0, 0.1) is 17.4 Å². The minimum absolute atomic E-state index is 0.617. The Morgan fingerprint density at radius 3 is 2.09 bits per heavy atom. The van der Waals surface area contributed by atoms with Crippen LogP contribution in [0.4, 0.5) is 0 Å². The molecule has 1 heteroatoms. The smallest absolute Gasteiger partial charge is 0.127 e. The quantitative estimate of drug-likeness (QED) is 0.415. The largest absolute Gasteiger partial charge is 0.129 e. The first kappa shape index (κ1) is 10.5. The van der Waals surface area contributed by atoms with E-state index in [0.717, 1.165) is 0 Å². The first-order valence-corrected chi connectivity index (χ1v) is 7.61. The average molecular weight is 166 g/mol. The summed E-state index contributed by atoms with van der Waals surface area (Å²) in [4.78, 5) is 0. The van der Waals surface area contributed by atoms with E-state index in [-0.39, 0.29) is 0 Å². The maximum Gasteiger partial charge on any atom is 0.129 e. The highest BCUT2D eigenvalue weighted by Gasteiger charge is 2.06. The molecule has 11 heavy (non-hydrogen) atoms. The molecule has 0 aromatic heterocycles. The monoisotopic (exact) mass is 166 g/mol. The van der Waals surface area contributed by atoms with Crippen LogP contribution in [0.1, 0.15) is 13.8 Å². The van der Waals surface area contributed by atoms with Crippen molar-refractivity contribution < 1.29 is 0 Å². The Hall–Kier alpha value is -0.483. The van der Waals surface area contributed by atoms with E-state index in [4.69, 9.17) is 0 Å². The molecular weight excluding hydrogens is 148 g/mol. The van der Waals surface area contributed by atoms with E-state index < -0.39 is 8.07 Å². The summed E-state index contributed by atoms with van der Waals surface area (Å²) in [7, 11) is -1.14. The Balaban J connectivity index is 3.92. The van der Waals surface area contributed by atoms with Gasteiger partial charge < -0.3 is 0 Å². The minimum Gasteiger partial charge on any atom is -0.127 e. The van der Waals surface area contributed by atoms with Gasteiger partial charge in [0.15, 0.2) is 0 Å². The van der Waals surface area contributed by atoms with Crippen LogP contribution in [-0.4, -0.2) is 8.07 Å². The molecular formula is C10H18Si. The molecule has 62 valence electrons. The van der Waals surface area contributed by atoms with Crippen molar-refractivity contribution in [3.8, 4) is 11.5 Å². The molecule has 0 aliphatic rings. The van der Waals surface area contributed by atoms with Crippen molar-refractivity contribution in [2.75, 3.05) is 0 Å².